The molecule has 0 spiro atoms. The predicted octanol–water partition coefficient (Wildman–Crippen LogP) is 21.0. The van der Waals surface area contributed by atoms with E-state index in [4.69, 9.17) is 4.74 Å². The second-order valence-electron chi connectivity index (χ2n) is 22.8. The second kappa shape index (κ2) is 62.9. The van der Waals surface area contributed by atoms with Crippen molar-refractivity contribution in [2.75, 3.05) is 13.2 Å². The van der Waals surface area contributed by atoms with Crippen molar-refractivity contribution in [3.05, 3.63) is 24.3 Å². The number of carbonyl (C=O) groups is 2. The Kier molecular flexibility index (Phi) is 61.4. The van der Waals surface area contributed by atoms with Gasteiger partial charge in [0.2, 0.25) is 5.91 Å². The first kappa shape index (κ1) is 71.3. The number of esters is 1. The number of amides is 1. The Morgan fingerprint density at radius 2 is 0.644 bits per heavy atom. The topological polar surface area (TPSA) is 95.9 Å². The Bertz CT molecular complexity index is 1140. The minimum absolute atomic E-state index is 0.0112. The van der Waals surface area contributed by atoms with Gasteiger partial charge in [-0.25, -0.2) is 0 Å². The van der Waals surface area contributed by atoms with Gasteiger partial charge in [0.25, 0.3) is 0 Å². The Labute approximate surface area is 456 Å². The molecule has 0 aliphatic rings. The number of aliphatic hydroxyl groups excluding tert-OH is 2. The summed E-state index contributed by atoms with van der Waals surface area (Å²) in [7, 11) is 0. The van der Waals surface area contributed by atoms with Gasteiger partial charge in [0.05, 0.1) is 25.4 Å². The highest BCUT2D eigenvalue weighted by molar-refractivity contribution is 5.76. The summed E-state index contributed by atoms with van der Waals surface area (Å²) in [5.41, 5.74) is 0. The van der Waals surface area contributed by atoms with E-state index in [-0.39, 0.29) is 18.5 Å². The van der Waals surface area contributed by atoms with Crippen LogP contribution in [-0.4, -0.2) is 47.4 Å². The van der Waals surface area contributed by atoms with Crippen LogP contribution in [0.15, 0.2) is 24.3 Å². The van der Waals surface area contributed by atoms with Gasteiger partial charge >= 0.3 is 5.97 Å². The van der Waals surface area contributed by atoms with Crippen LogP contribution in [-0.2, 0) is 14.3 Å². The summed E-state index contributed by atoms with van der Waals surface area (Å²) in [6, 6.07) is -0.633. The smallest absolute Gasteiger partial charge is 0.305 e. The molecule has 0 aliphatic carbocycles. The lowest BCUT2D eigenvalue weighted by Gasteiger charge is -2.20. The van der Waals surface area contributed by atoms with E-state index in [1.54, 1.807) is 6.08 Å². The van der Waals surface area contributed by atoms with Crippen molar-refractivity contribution in [2.45, 2.75) is 379 Å². The zero-order valence-corrected chi connectivity index (χ0v) is 49.4. The molecule has 0 rings (SSSR count). The highest BCUT2D eigenvalue weighted by Gasteiger charge is 2.18. The summed E-state index contributed by atoms with van der Waals surface area (Å²) in [5.74, 6) is -0.0594. The molecule has 0 fully saturated rings. The van der Waals surface area contributed by atoms with E-state index in [1.165, 1.54) is 295 Å². The predicted molar refractivity (Wildman–Crippen MR) is 320 cm³/mol. The number of hydrogen-bond acceptors (Lipinski definition) is 5. The van der Waals surface area contributed by atoms with Crippen LogP contribution in [0.25, 0.3) is 0 Å². The molecule has 432 valence electrons. The lowest BCUT2D eigenvalue weighted by Crippen LogP contribution is -2.45. The maximum Gasteiger partial charge on any atom is 0.305 e. The van der Waals surface area contributed by atoms with Crippen molar-refractivity contribution < 1.29 is 24.5 Å². The summed E-state index contributed by atoms with van der Waals surface area (Å²) in [6.07, 6.45) is 78.1. The van der Waals surface area contributed by atoms with Gasteiger partial charge in [-0.2, -0.15) is 0 Å². The molecule has 0 heterocycles. The molecule has 0 radical (unpaired) electrons. The first-order chi connectivity index (χ1) is 36.0. The van der Waals surface area contributed by atoms with Crippen molar-refractivity contribution >= 4 is 11.9 Å². The molecule has 0 saturated carbocycles. The highest BCUT2D eigenvalue weighted by Crippen LogP contribution is 2.18. The SMILES string of the molecule is CCCCCCCCCCCCCCCCCCCCCC/C=C/C(O)C(CO)NC(=O)CCCCCCCCC/C=C\CCCCCCCCCCCCCCOC(=O)CCCCCCCCCCCCC. The first-order valence-electron chi connectivity index (χ1n) is 33.1. The summed E-state index contributed by atoms with van der Waals surface area (Å²) in [5, 5.41) is 23.2. The number of ether oxygens (including phenoxy) is 1. The molecular weight excluding hydrogens is 899 g/mol. The van der Waals surface area contributed by atoms with Crippen molar-refractivity contribution in [1.82, 2.24) is 5.32 Å². The van der Waals surface area contributed by atoms with E-state index in [2.05, 4.69) is 31.3 Å². The van der Waals surface area contributed by atoms with Crippen molar-refractivity contribution in [3.8, 4) is 0 Å². The van der Waals surface area contributed by atoms with E-state index in [1.807, 2.05) is 6.08 Å². The molecule has 0 aliphatic heterocycles. The standard InChI is InChI=1S/C67H129NO5/c1-3-5-7-9-11-13-15-16-17-18-19-20-24-27-30-33-36-40-43-47-51-55-59-65(70)64(63-69)68-66(71)60-56-52-48-44-41-37-34-31-28-25-22-21-23-26-29-32-35-38-42-46-50-54-58-62-73-67(72)61-57-53-49-45-39-14-12-10-8-6-4-2/h25,28,55,59,64-65,69-70H,3-24,26-27,29-54,56-58,60-63H2,1-2H3,(H,68,71)/b28-25-,59-55+. The Morgan fingerprint density at radius 1 is 0.370 bits per heavy atom. The zero-order chi connectivity index (χ0) is 52.9. The van der Waals surface area contributed by atoms with Gasteiger partial charge in [-0.15, -0.1) is 0 Å². The van der Waals surface area contributed by atoms with Gasteiger partial charge < -0.3 is 20.3 Å². The van der Waals surface area contributed by atoms with Crippen molar-refractivity contribution in [1.29, 1.82) is 0 Å². The molecule has 2 atom stereocenters. The van der Waals surface area contributed by atoms with Gasteiger partial charge in [0.1, 0.15) is 0 Å². The molecule has 0 saturated heterocycles. The molecule has 0 aromatic heterocycles. The number of aliphatic hydroxyl groups is 2. The Morgan fingerprint density at radius 3 is 0.973 bits per heavy atom. The zero-order valence-electron chi connectivity index (χ0n) is 49.4. The highest BCUT2D eigenvalue weighted by atomic mass is 16.5. The fraction of sp³-hybridized carbons (Fsp3) is 0.910. The summed E-state index contributed by atoms with van der Waals surface area (Å²) in [4.78, 5) is 24.5. The lowest BCUT2D eigenvalue weighted by atomic mass is 10.0. The summed E-state index contributed by atoms with van der Waals surface area (Å²) in [6.45, 7) is 4.93. The van der Waals surface area contributed by atoms with Crippen LogP contribution in [0, 0.1) is 0 Å². The second-order valence-corrected chi connectivity index (χ2v) is 22.8. The third kappa shape index (κ3) is 59.4. The molecule has 6 heteroatoms. The number of hydrogen-bond donors (Lipinski definition) is 3. The average Bonchev–Trinajstić information content (AvgIpc) is 3.39. The van der Waals surface area contributed by atoms with Gasteiger partial charge in [0.15, 0.2) is 0 Å². The van der Waals surface area contributed by atoms with Gasteiger partial charge in [0, 0.05) is 12.8 Å². The van der Waals surface area contributed by atoms with Crippen LogP contribution in [0.4, 0.5) is 0 Å². The summed E-state index contributed by atoms with van der Waals surface area (Å²) < 4.78 is 5.47. The van der Waals surface area contributed by atoms with Crippen LogP contribution in [0.3, 0.4) is 0 Å². The monoisotopic (exact) mass is 1030 g/mol. The lowest BCUT2D eigenvalue weighted by molar-refractivity contribution is -0.143. The minimum Gasteiger partial charge on any atom is -0.466 e. The van der Waals surface area contributed by atoms with Crippen LogP contribution in [0.5, 0.6) is 0 Å². The number of carbonyl (C=O) groups excluding carboxylic acids is 2. The van der Waals surface area contributed by atoms with E-state index < -0.39 is 12.1 Å². The maximum atomic E-state index is 12.5. The van der Waals surface area contributed by atoms with Gasteiger partial charge in [-0.1, -0.05) is 321 Å². The average molecular weight is 1030 g/mol. The van der Waals surface area contributed by atoms with Crippen molar-refractivity contribution in [3.63, 3.8) is 0 Å². The van der Waals surface area contributed by atoms with Crippen molar-refractivity contribution in [2.24, 2.45) is 0 Å². The molecule has 1 amide bonds. The van der Waals surface area contributed by atoms with E-state index in [0.717, 1.165) is 44.9 Å². The van der Waals surface area contributed by atoms with E-state index in [9.17, 15) is 19.8 Å². The van der Waals surface area contributed by atoms with Gasteiger partial charge in [-0.3, -0.25) is 9.59 Å². The quantitative estimate of drug-likeness (QED) is 0.0320. The largest absolute Gasteiger partial charge is 0.466 e. The fourth-order valence-corrected chi connectivity index (χ4v) is 10.4. The molecule has 6 nitrogen and oxygen atoms in total. The van der Waals surface area contributed by atoms with Crippen LogP contribution in [0.1, 0.15) is 367 Å². The van der Waals surface area contributed by atoms with Crippen LogP contribution in [0.2, 0.25) is 0 Å². The first-order valence-corrected chi connectivity index (χ1v) is 33.1. The van der Waals surface area contributed by atoms with Crippen LogP contribution < -0.4 is 5.32 Å². The maximum absolute atomic E-state index is 12.5. The molecular formula is C67H129NO5. The normalized spacial score (nSPS) is 12.7. The van der Waals surface area contributed by atoms with Gasteiger partial charge in [-0.05, 0) is 57.8 Å². The molecule has 0 bridgehead atoms. The minimum atomic E-state index is -0.849. The molecule has 3 N–H and O–H groups in total. The van der Waals surface area contributed by atoms with E-state index in [0.29, 0.717) is 19.4 Å². The van der Waals surface area contributed by atoms with Crippen LogP contribution >= 0.6 is 0 Å². The third-order valence-corrected chi connectivity index (χ3v) is 15.5. The third-order valence-electron chi connectivity index (χ3n) is 15.5. The fourth-order valence-electron chi connectivity index (χ4n) is 10.4. The molecule has 2 unspecified atom stereocenters. The van der Waals surface area contributed by atoms with E-state index >= 15 is 0 Å². The molecule has 0 aromatic carbocycles. The number of allylic oxidation sites excluding steroid dienone is 3. The number of nitrogens with one attached hydrogen (secondary N) is 1. The Hall–Kier alpha value is -1.66. The summed E-state index contributed by atoms with van der Waals surface area (Å²) >= 11 is 0. The molecule has 73 heavy (non-hydrogen) atoms. The number of unbranched alkanes of at least 4 members (excludes halogenated alkanes) is 49. The number of rotatable bonds is 62. The Balaban J connectivity index is 3.44. The molecule has 0 aromatic rings.